The van der Waals surface area contributed by atoms with Crippen LogP contribution in [0, 0.1) is 13.8 Å². The van der Waals surface area contributed by atoms with Crippen LogP contribution in [0.3, 0.4) is 0 Å². The zero-order valence-corrected chi connectivity index (χ0v) is 8.54. The van der Waals surface area contributed by atoms with Crippen molar-refractivity contribution >= 4 is 11.9 Å². The number of allylic oxidation sites excluding steroid dienone is 1. The van der Waals surface area contributed by atoms with Gasteiger partial charge in [-0.3, -0.25) is 0 Å². The van der Waals surface area contributed by atoms with Gasteiger partial charge in [0.1, 0.15) is 7.05 Å². The molecule has 68 valence electrons. The van der Waals surface area contributed by atoms with Crippen molar-refractivity contribution in [3.8, 4) is 0 Å². The van der Waals surface area contributed by atoms with Gasteiger partial charge in [0, 0.05) is 11.1 Å². The fourth-order valence-electron chi connectivity index (χ4n) is 1.59. The molecule has 0 unspecified atom stereocenters. The van der Waals surface area contributed by atoms with Crippen molar-refractivity contribution in [3.05, 3.63) is 42.0 Å². The summed E-state index contributed by atoms with van der Waals surface area (Å²) >= 11 is 0. The summed E-state index contributed by atoms with van der Waals surface area (Å²) < 4.78 is 2.09. The van der Waals surface area contributed by atoms with Gasteiger partial charge in [0.2, 0.25) is 5.69 Å². The van der Waals surface area contributed by atoms with E-state index in [1.54, 1.807) is 6.08 Å². The Balaban J connectivity index is 3.27. The Labute approximate surface area is 80.0 Å². The predicted molar refractivity (Wildman–Crippen MR) is 58.0 cm³/mol. The number of nitrogens with zero attached hydrogens (tertiary/aromatic N) is 1. The molecule has 0 saturated carbocycles. The summed E-state index contributed by atoms with van der Waals surface area (Å²) in [5, 5.41) is 0. The monoisotopic (exact) mass is 174 g/mol. The fourth-order valence-corrected chi connectivity index (χ4v) is 1.59. The molecule has 0 aliphatic rings. The van der Waals surface area contributed by atoms with Crippen molar-refractivity contribution in [2.45, 2.75) is 13.8 Å². The van der Waals surface area contributed by atoms with Gasteiger partial charge in [-0.05, 0) is 19.9 Å². The summed E-state index contributed by atoms with van der Waals surface area (Å²) in [5.41, 5.74) is 3.85. The molecule has 1 aromatic carbocycles. The van der Waals surface area contributed by atoms with E-state index in [9.17, 15) is 0 Å². The summed E-state index contributed by atoms with van der Waals surface area (Å²) in [6.07, 6.45) is 3.77. The Kier molecular flexibility index (Phi) is 3.02. The second kappa shape index (κ2) is 4.04. The molecule has 13 heavy (non-hydrogen) atoms. The van der Waals surface area contributed by atoms with E-state index in [0.717, 1.165) is 0 Å². The average molecular weight is 174 g/mol. The molecule has 0 atom stereocenters. The van der Waals surface area contributed by atoms with E-state index < -0.39 is 0 Å². The highest BCUT2D eigenvalue weighted by Gasteiger charge is 2.09. The third-order valence-electron chi connectivity index (χ3n) is 2.12. The van der Waals surface area contributed by atoms with Crippen molar-refractivity contribution in [1.29, 1.82) is 0 Å². The van der Waals surface area contributed by atoms with Gasteiger partial charge in [0.25, 0.3) is 0 Å². The summed E-state index contributed by atoms with van der Waals surface area (Å²) in [6.45, 7) is 7.93. The van der Waals surface area contributed by atoms with Gasteiger partial charge in [0.05, 0.1) is 0 Å². The molecule has 0 saturated heterocycles. The number of hydrogen-bond donors (Lipinski definition) is 0. The van der Waals surface area contributed by atoms with Crippen LogP contribution in [0.2, 0.25) is 0 Å². The lowest BCUT2D eigenvalue weighted by Gasteiger charge is -2.03. The Morgan fingerprint density at radius 3 is 2.23 bits per heavy atom. The quantitative estimate of drug-likeness (QED) is 0.479. The molecule has 0 spiro atoms. The van der Waals surface area contributed by atoms with Crippen LogP contribution >= 0.6 is 0 Å². The first-order chi connectivity index (χ1) is 6.16. The van der Waals surface area contributed by atoms with Crippen molar-refractivity contribution in [1.82, 2.24) is 0 Å². The highest BCUT2D eigenvalue weighted by Crippen LogP contribution is 2.21. The van der Waals surface area contributed by atoms with Crippen LogP contribution < -0.4 is 0 Å². The molecule has 1 heteroatoms. The van der Waals surface area contributed by atoms with Gasteiger partial charge in [-0.1, -0.05) is 24.8 Å². The van der Waals surface area contributed by atoms with Gasteiger partial charge in [-0.25, -0.2) is 4.58 Å². The first kappa shape index (κ1) is 9.72. The molecular weight excluding hydrogens is 158 g/mol. The number of benzene rings is 1. The van der Waals surface area contributed by atoms with Crippen molar-refractivity contribution < 1.29 is 4.58 Å². The van der Waals surface area contributed by atoms with E-state index in [4.69, 9.17) is 0 Å². The maximum Gasteiger partial charge on any atom is 0.210 e. The fraction of sp³-hybridized carbons (Fsp3) is 0.250. The Morgan fingerprint density at radius 2 is 1.77 bits per heavy atom. The van der Waals surface area contributed by atoms with E-state index in [-0.39, 0.29) is 0 Å². The molecule has 0 aliphatic carbocycles. The molecule has 1 nitrogen and oxygen atoms in total. The second-order valence-corrected chi connectivity index (χ2v) is 3.24. The maximum atomic E-state index is 3.69. The van der Waals surface area contributed by atoms with Crippen molar-refractivity contribution in [2.24, 2.45) is 0 Å². The molecule has 1 rings (SSSR count). The molecule has 0 bridgehead atoms. The van der Waals surface area contributed by atoms with Crippen LogP contribution in [0.15, 0.2) is 30.9 Å². The van der Waals surface area contributed by atoms with E-state index in [1.807, 2.05) is 13.3 Å². The third kappa shape index (κ3) is 2.05. The highest BCUT2D eigenvalue weighted by atomic mass is 15.0. The summed E-state index contributed by atoms with van der Waals surface area (Å²) in [6, 6.07) is 6.32. The minimum Gasteiger partial charge on any atom is -0.201 e. The van der Waals surface area contributed by atoms with E-state index >= 15 is 0 Å². The van der Waals surface area contributed by atoms with Gasteiger partial charge >= 0.3 is 0 Å². The predicted octanol–water partition coefficient (Wildman–Crippen LogP) is 2.83. The van der Waals surface area contributed by atoms with Gasteiger partial charge < -0.3 is 0 Å². The summed E-state index contributed by atoms with van der Waals surface area (Å²) in [4.78, 5) is 0. The summed E-state index contributed by atoms with van der Waals surface area (Å²) in [7, 11) is 2.04. The lowest BCUT2D eigenvalue weighted by molar-refractivity contribution is -0.399. The van der Waals surface area contributed by atoms with Crippen LogP contribution in [0.5, 0.6) is 0 Å². The first-order valence-electron chi connectivity index (χ1n) is 4.41. The zero-order valence-electron chi connectivity index (χ0n) is 8.54. The van der Waals surface area contributed by atoms with Crippen LogP contribution in [0.1, 0.15) is 11.1 Å². The van der Waals surface area contributed by atoms with E-state index in [1.165, 1.54) is 16.8 Å². The first-order valence-corrected chi connectivity index (χ1v) is 4.41. The molecule has 0 aromatic heterocycles. The second-order valence-electron chi connectivity index (χ2n) is 3.24. The lowest BCUT2D eigenvalue weighted by Crippen LogP contribution is -2.01. The standard InChI is InChI=1S/C12H16N/c1-5-9-13(4)12-10(2)7-6-8-11(12)3/h5-9H,1H2,2-4H3/q+1. The number of aryl methyl sites for hydroxylation is 2. The van der Waals surface area contributed by atoms with E-state index in [2.05, 4.69) is 43.2 Å². The number of para-hydroxylation sites is 1. The SMILES string of the molecule is C=CC=[N+](C)c1c(C)cccc1C. The van der Waals surface area contributed by atoms with Crippen molar-refractivity contribution in [3.63, 3.8) is 0 Å². The van der Waals surface area contributed by atoms with E-state index in [0.29, 0.717) is 0 Å². The zero-order chi connectivity index (χ0) is 9.84. The van der Waals surface area contributed by atoms with Crippen LogP contribution in [-0.2, 0) is 0 Å². The third-order valence-corrected chi connectivity index (χ3v) is 2.12. The Hall–Kier alpha value is -1.37. The van der Waals surface area contributed by atoms with Crippen LogP contribution in [-0.4, -0.2) is 17.8 Å². The molecule has 0 amide bonds. The molecule has 1 aromatic rings. The van der Waals surface area contributed by atoms with Crippen LogP contribution in [0.4, 0.5) is 5.69 Å². The molecular formula is C12H16N+. The maximum absolute atomic E-state index is 3.69. The van der Waals surface area contributed by atoms with Crippen LogP contribution in [0.25, 0.3) is 0 Å². The molecule has 0 aliphatic heterocycles. The van der Waals surface area contributed by atoms with Gasteiger partial charge in [-0.15, -0.1) is 0 Å². The normalized spacial score (nSPS) is 11.5. The Bertz CT molecular complexity index is 328. The molecule has 0 N–H and O–H groups in total. The largest absolute Gasteiger partial charge is 0.210 e. The minimum atomic E-state index is 1.27. The minimum absolute atomic E-state index is 1.27. The number of rotatable bonds is 2. The smallest absolute Gasteiger partial charge is 0.201 e. The van der Waals surface area contributed by atoms with Gasteiger partial charge in [-0.2, -0.15) is 0 Å². The topological polar surface area (TPSA) is 3.01 Å². The highest BCUT2D eigenvalue weighted by molar-refractivity contribution is 5.67. The number of hydrogen-bond acceptors (Lipinski definition) is 0. The summed E-state index contributed by atoms with van der Waals surface area (Å²) in [5.74, 6) is 0. The lowest BCUT2D eigenvalue weighted by atomic mass is 10.1. The Morgan fingerprint density at radius 1 is 1.23 bits per heavy atom. The molecule has 0 radical (unpaired) electrons. The molecule has 0 fully saturated rings. The molecule has 0 heterocycles. The average Bonchev–Trinajstić information content (AvgIpc) is 2.04. The van der Waals surface area contributed by atoms with Gasteiger partial charge in [0.15, 0.2) is 6.21 Å². The van der Waals surface area contributed by atoms with Crippen molar-refractivity contribution in [2.75, 3.05) is 7.05 Å².